The molecule has 0 amide bonds. The van der Waals surface area contributed by atoms with Gasteiger partial charge in [0.05, 0.1) is 18.5 Å². The van der Waals surface area contributed by atoms with E-state index in [-0.39, 0.29) is 0 Å². The first-order chi connectivity index (χ1) is 9.24. The highest BCUT2D eigenvalue weighted by Gasteiger charge is 2.08. The van der Waals surface area contributed by atoms with Crippen LogP contribution in [0.4, 0.5) is 0 Å². The minimum Gasteiger partial charge on any atom is -0.492 e. The monoisotopic (exact) mass is 274 g/mol. The SMILES string of the molecule is C=Cc1ccnc(-c2cc(OCCC)cnc2Cl)c1. The molecule has 19 heavy (non-hydrogen) atoms. The summed E-state index contributed by atoms with van der Waals surface area (Å²) in [5, 5.41) is 0.414. The third-order valence-electron chi connectivity index (χ3n) is 2.58. The second-order valence-corrected chi connectivity index (χ2v) is 4.39. The van der Waals surface area contributed by atoms with Crippen LogP contribution in [-0.2, 0) is 0 Å². The van der Waals surface area contributed by atoms with Gasteiger partial charge >= 0.3 is 0 Å². The van der Waals surface area contributed by atoms with E-state index in [0.29, 0.717) is 17.5 Å². The fourth-order valence-corrected chi connectivity index (χ4v) is 1.83. The molecule has 0 bridgehead atoms. The molecule has 0 radical (unpaired) electrons. The van der Waals surface area contributed by atoms with E-state index in [2.05, 4.69) is 23.5 Å². The number of halogens is 1. The van der Waals surface area contributed by atoms with Gasteiger partial charge < -0.3 is 4.74 Å². The molecule has 0 aliphatic rings. The highest BCUT2D eigenvalue weighted by Crippen LogP contribution is 2.28. The lowest BCUT2D eigenvalue weighted by molar-refractivity contribution is 0.316. The molecular weight excluding hydrogens is 260 g/mol. The molecule has 2 heterocycles. The van der Waals surface area contributed by atoms with Gasteiger partial charge in [-0.2, -0.15) is 0 Å². The van der Waals surface area contributed by atoms with E-state index < -0.39 is 0 Å². The topological polar surface area (TPSA) is 35.0 Å². The van der Waals surface area contributed by atoms with Gasteiger partial charge in [-0.3, -0.25) is 4.98 Å². The number of rotatable bonds is 5. The maximum Gasteiger partial charge on any atom is 0.138 e. The van der Waals surface area contributed by atoms with Crippen molar-refractivity contribution >= 4 is 17.7 Å². The minimum absolute atomic E-state index is 0.414. The zero-order valence-electron chi connectivity index (χ0n) is 10.8. The lowest BCUT2D eigenvalue weighted by Gasteiger charge is -2.08. The van der Waals surface area contributed by atoms with Crippen molar-refractivity contribution in [2.45, 2.75) is 13.3 Å². The van der Waals surface area contributed by atoms with Crippen molar-refractivity contribution in [1.29, 1.82) is 0 Å². The van der Waals surface area contributed by atoms with Crippen molar-refractivity contribution in [1.82, 2.24) is 9.97 Å². The summed E-state index contributed by atoms with van der Waals surface area (Å²) in [5.74, 6) is 0.701. The summed E-state index contributed by atoms with van der Waals surface area (Å²) in [6, 6.07) is 5.66. The summed E-state index contributed by atoms with van der Waals surface area (Å²) in [5.41, 5.74) is 2.51. The molecule has 3 nitrogen and oxygen atoms in total. The summed E-state index contributed by atoms with van der Waals surface area (Å²) in [4.78, 5) is 8.45. The van der Waals surface area contributed by atoms with Crippen LogP contribution in [0.1, 0.15) is 18.9 Å². The molecule has 2 rings (SSSR count). The predicted molar refractivity (Wildman–Crippen MR) is 78.4 cm³/mol. The number of nitrogens with zero attached hydrogens (tertiary/aromatic N) is 2. The van der Waals surface area contributed by atoms with E-state index in [1.807, 2.05) is 18.2 Å². The molecule has 0 aliphatic heterocycles. The van der Waals surface area contributed by atoms with E-state index in [9.17, 15) is 0 Å². The molecule has 0 fully saturated rings. The molecule has 0 aliphatic carbocycles. The summed E-state index contributed by atoms with van der Waals surface area (Å²) in [6.45, 7) is 6.46. The minimum atomic E-state index is 0.414. The van der Waals surface area contributed by atoms with Gasteiger partial charge in [0.2, 0.25) is 0 Å². The first kappa shape index (κ1) is 13.6. The van der Waals surface area contributed by atoms with Crippen LogP contribution in [0, 0.1) is 0 Å². The van der Waals surface area contributed by atoms with Crippen LogP contribution in [0.2, 0.25) is 5.15 Å². The average Bonchev–Trinajstić information content (AvgIpc) is 2.46. The maximum atomic E-state index is 6.13. The molecule has 0 unspecified atom stereocenters. The fraction of sp³-hybridized carbons (Fsp3) is 0.200. The molecule has 0 saturated carbocycles. The second-order valence-electron chi connectivity index (χ2n) is 4.04. The van der Waals surface area contributed by atoms with Crippen molar-refractivity contribution in [2.75, 3.05) is 6.61 Å². The Morgan fingerprint density at radius 1 is 1.37 bits per heavy atom. The Hall–Kier alpha value is -1.87. The van der Waals surface area contributed by atoms with Gasteiger partial charge in [0.15, 0.2) is 0 Å². The normalized spacial score (nSPS) is 10.2. The van der Waals surface area contributed by atoms with Crippen LogP contribution in [0.5, 0.6) is 5.75 Å². The number of hydrogen-bond acceptors (Lipinski definition) is 3. The average molecular weight is 275 g/mol. The molecule has 0 saturated heterocycles. The van der Waals surface area contributed by atoms with Crippen LogP contribution < -0.4 is 4.74 Å². The highest BCUT2D eigenvalue weighted by atomic mass is 35.5. The standard InChI is InChI=1S/C15H15ClN2O/c1-3-7-19-12-9-13(15(16)18-10-12)14-8-11(4-2)5-6-17-14/h4-6,8-10H,2-3,7H2,1H3. The van der Waals surface area contributed by atoms with Crippen molar-refractivity contribution in [2.24, 2.45) is 0 Å². The van der Waals surface area contributed by atoms with Crippen molar-refractivity contribution in [3.05, 3.63) is 47.9 Å². The van der Waals surface area contributed by atoms with Crippen molar-refractivity contribution in [3.8, 4) is 17.0 Å². The molecular formula is C15H15ClN2O. The number of aromatic nitrogens is 2. The first-order valence-electron chi connectivity index (χ1n) is 6.11. The number of pyridine rings is 2. The summed E-state index contributed by atoms with van der Waals surface area (Å²) < 4.78 is 5.56. The van der Waals surface area contributed by atoms with Crippen LogP contribution in [0.3, 0.4) is 0 Å². The molecule has 0 atom stereocenters. The van der Waals surface area contributed by atoms with Gasteiger partial charge in [-0.25, -0.2) is 4.98 Å². The molecule has 0 N–H and O–H groups in total. The Morgan fingerprint density at radius 2 is 2.21 bits per heavy atom. The Kier molecular flexibility index (Phi) is 4.53. The number of hydrogen-bond donors (Lipinski definition) is 0. The smallest absolute Gasteiger partial charge is 0.138 e. The van der Waals surface area contributed by atoms with E-state index in [1.165, 1.54) is 0 Å². The van der Waals surface area contributed by atoms with Crippen molar-refractivity contribution in [3.63, 3.8) is 0 Å². The Bertz CT molecular complexity index is 584. The Morgan fingerprint density at radius 3 is 2.95 bits per heavy atom. The van der Waals surface area contributed by atoms with E-state index >= 15 is 0 Å². The Labute approximate surface area is 117 Å². The molecule has 0 spiro atoms. The van der Waals surface area contributed by atoms with Crippen LogP contribution in [-0.4, -0.2) is 16.6 Å². The van der Waals surface area contributed by atoms with Crippen LogP contribution in [0.15, 0.2) is 37.2 Å². The van der Waals surface area contributed by atoms with Crippen molar-refractivity contribution < 1.29 is 4.74 Å². The third kappa shape index (κ3) is 3.32. The molecule has 2 aromatic rings. The second kappa shape index (κ2) is 6.34. The van der Waals surface area contributed by atoms with Crippen LogP contribution >= 0.6 is 11.6 Å². The maximum absolute atomic E-state index is 6.13. The lowest BCUT2D eigenvalue weighted by atomic mass is 10.1. The van der Waals surface area contributed by atoms with Gasteiger partial charge in [0.1, 0.15) is 10.9 Å². The predicted octanol–water partition coefficient (Wildman–Crippen LogP) is 4.23. The zero-order chi connectivity index (χ0) is 13.7. The van der Waals surface area contributed by atoms with Gasteiger partial charge in [-0.05, 0) is 30.2 Å². The van der Waals surface area contributed by atoms with E-state index in [1.54, 1.807) is 18.5 Å². The van der Waals surface area contributed by atoms with E-state index in [4.69, 9.17) is 16.3 Å². The summed E-state index contributed by atoms with van der Waals surface area (Å²) in [7, 11) is 0. The van der Waals surface area contributed by atoms with Gasteiger partial charge in [0.25, 0.3) is 0 Å². The van der Waals surface area contributed by atoms with Gasteiger partial charge in [0, 0.05) is 11.8 Å². The molecule has 98 valence electrons. The third-order valence-corrected chi connectivity index (χ3v) is 2.88. The summed E-state index contributed by atoms with van der Waals surface area (Å²) in [6.07, 6.45) is 6.06. The quantitative estimate of drug-likeness (QED) is 0.766. The van der Waals surface area contributed by atoms with Crippen LogP contribution in [0.25, 0.3) is 17.3 Å². The van der Waals surface area contributed by atoms with E-state index in [0.717, 1.165) is 23.2 Å². The lowest BCUT2D eigenvalue weighted by Crippen LogP contribution is -1.97. The largest absolute Gasteiger partial charge is 0.492 e. The highest BCUT2D eigenvalue weighted by molar-refractivity contribution is 6.32. The summed E-state index contributed by atoms with van der Waals surface area (Å²) >= 11 is 6.13. The number of ether oxygens (including phenoxy) is 1. The van der Waals surface area contributed by atoms with Gasteiger partial charge in [-0.1, -0.05) is 31.2 Å². The van der Waals surface area contributed by atoms with Gasteiger partial charge in [-0.15, -0.1) is 0 Å². The first-order valence-corrected chi connectivity index (χ1v) is 6.49. The fourth-order valence-electron chi connectivity index (χ4n) is 1.63. The molecule has 0 aromatic carbocycles. The molecule has 4 heteroatoms. The molecule has 2 aromatic heterocycles. The Balaban J connectivity index is 2.39. The zero-order valence-corrected chi connectivity index (χ0v) is 11.5.